The zero-order valence-electron chi connectivity index (χ0n) is 13.8. The van der Waals surface area contributed by atoms with Crippen LogP contribution >= 0.6 is 0 Å². The van der Waals surface area contributed by atoms with Crippen LogP contribution in [0.15, 0.2) is 16.8 Å². The quantitative estimate of drug-likeness (QED) is 0.829. The fourth-order valence-electron chi connectivity index (χ4n) is 2.88. The van der Waals surface area contributed by atoms with Crippen molar-refractivity contribution in [1.29, 1.82) is 0 Å². The van der Waals surface area contributed by atoms with Gasteiger partial charge < -0.3 is 20.0 Å². The summed E-state index contributed by atoms with van der Waals surface area (Å²) in [7, 11) is 1.86. The molecule has 2 atom stereocenters. The van der Waals surface area contributed by atoms with Crippen LogP contribution in [0.1, 0.15) is 37.6 Å². The van der Waals surface area contributed by atoms with E-state index in [1.165, 1.54) is 6.42 Å². The van der Waals surface area contributed by atoms with Crippen molar-refractivity contribution in [2.75, 3.05) is 30.4 Å². The van der Waals surface area contributed by atoms with Gasteiger partial charge >= 0.3 is 0 Å². The summed E-state index contributed by atoms with van der Waals surface area (Å²) < 4.78 is 5.48. The second-order valence-electron chi connectivity index (χ2n) is 5.79. The van der Waals surface area contributed by atoms with Crippen molar-refractivity contribution in [3.63, 3.8) is 0 Å². The molecule has 0 spiro atoms. The van der Waals surface area contributed by atoms with E-state index in [0.717, 1.165) is 31.1 Å². The van der Waals surface area contributed by atoms with Crippen molar-refractivity contribution < 1.29 is 4.42 Å². The topological polar surface area (TPSA) is 92.0 Å². The second kappa shape index (κ2) is 6.91. The van der Waals surface area contributed by atoms with Crippen LogP contribution in [0.5, 0.6) is 0 Å². The Hall–Kier alpha value is -2.22. The largest absolute Gasteiger partial charge is 0.424 e. The molecule has 0 amide bonds. The van der Waals surface area contributed by atoms with Gasteiger partial charge in [-0.1, -0.05) is 0 Å². The highest BCUT2D eigenvalue weighted by Gasteiger charge is 2.26. The lowest BCUT2D eigenvalue weighted by Crippen LogP contribution is -2.39. The molecule has 124 valence electrons. The van der Waals surface area contributed by atoms with E-state index < -0.39 is 0 Å². The molecule has 8 heteroatoms. The number of hydrogen-bond donors (Lipinski definition) is 2. The number of hydrogen-bond acceptors (Lipinski definition) is 8. The zero-order chi connectivity index (χ0) is 16.2. The Morgan fingerprint density at radius 3 is 3.00 bits per heavy atom. The van der Waals surface area contributed by atoms with Gasteiger partial charge in [0.25, 0.3) is 0 Å². The van der Waals surface area contributed by atoms with Gasteiger partial charge in [0.2, 0.25) is 11.8 Å². The molecule has 23 heavy (non-hydrogen) atoms. The molecule has 3 heterocycles. The van der Waals surface area contributed by atoms with Crippen molar-refractivity contribution in [3.8, 4) is 0 Å². The van der Waals surface area contributed by atoms with Crippen molar-refractivity contribution in [3.05, 3.63) is 24.2 Å². The number of nitrogens with one attached hydrogen (secondary N) is 2. The van der Waals surface area contributed by atoms with Crippen molar-refractivity contribution in [2.45, 2.75) is 38.8 Å². The van der Waals surface area contributed by atoms with E-state index in [1.54, 1.807) is 13.3 Å². The number of aromatic nitrogens is 4. The van der Waals surface area contributed by atoms with E-state index in [1.807, 2.05) is 20.0 Å². The van der Waals surface area contributed by atoms with Gasteiger partial charge in [-0.2, -0.15) is 0 Å². The third-order valence-corrected chi connectivity index (χ3v) is 4.15. The van der Waals surface area contributed by atoms with Crippen LogP contribution < -0.4 is 15.5 Å². The minimum atomic E-state index is 0.0388. The lowest BCUT2D eigenvalue weighted by molar-refractivity contribution is 0.394. The van der Waals surface area contributed by atoms with E-state index in [-0.39, 0.29) is 6.04 Å². The smallest absolute Gasteiger partial charge is 0.233 e. The van der Waals surface area contributed by atoms with Gasteiger partial charge in [0.05, 0.1) is 6.04 Å². The molecule has 2 aromatic heterocycles. The van der Waals surface area contributed by atoms with Crippen LogP contribution in [-0.2, 0) is 0 Å². The zero-order valence-corrected chi connectivity index (χ0v) is 13.8. The first-order chi connectivity index (χ1) is 11.2. The highest BCUT2D eigenvalue weighted by atomic mass is 16.4. The molecule has 0 aromatic carbocycles. The molecule has 2 N–H and O–H groups in total. The minimum absolute atomic E-state index is 0.0388. The maximum absolute atomic E-state index is 5.48. The lowest BCUT2D eigenvalue weighted by Gasteiger charge is -2.27. The molecule has 1 aliphatic rings. The van der Waals surface area contributed by atoms with Gasteiger partial charge in [-0.15, -0.1) is 10.2 Å². The molecule has 8 nitrogen and oxygen atoms in total. The van der Waals surface area contributed by atoms with E-state index in [9.17, 15) is 0 Å². The summed E-state index contributed by atoms with van der Waals surface area (Å²) in [6, 6.07) is 2.43. The summed E-state index contributed by atoms with van der Waals surface area (Å²) in [5.41, 5.74) is 0. The van der Waals surface area contributed by atoms with Crippen LogP contribution in [0.25, 0.3) is 0 Å². The van der Waals surface area contributed by atoms with E-state index in [0.29, 0.717) is 17.8 Å². The van der Waals surface area contributed by atoms with E-state index in [4.69, 9.17) is 4.42 Å². The molecule has 2 aromatic rings. The summed E-state index contributed by atoms with van der Waals surface area (Å²) in [5.74, 6) is 3.03. The fraction of sp³-hybridized carbons (Fsp3) is 0.600. The van der Waals surface area contributed by atoms with Gasteiger partial charge in [-0.05, 0) is 19.8 Å². The van der Waals surface area contributed by atoms with Gasteiger partial charge in [0.15, 0.2) is 0 Å². The summed E-state index contributed by atoms with van der Waals surface area (Å²) in [5, 5.41) is 14.5. The fourth-order valence-corrected chi connectivity index (χ4v) is 2.88. The molecule has 1 fully saturated rings. The number of rotatable bonds is 6. The molecular weight excluding hydrogens is 294 g/mol. The second-order valence-corrected chi connectivity index (χ2v) is 5.79. The van der Waals surface area contributed by atoms with Gasteiger partial charge in [0, 0.05) is 39.2 Å². The van der Waals surface area contributed by atoms with Gasteiger partial charge in [-0.25, -0.2) is 9.97 Å². The Bertz CT molecular complexity index is 644. The number of aryl methyl sites for hydroxylation is 1. The Labute approximate surface area is 135 Å². The van der Waals surface area contributed by atoms with Crippen LogP contribution in [0, 0.1) is 6.92 Å². The monoisotopic (exact) mass is 317 g/mol. The molecule has 1 aliphatic heterocycles. The van der Waals surface area contributed by atoms with Crippen molar-refractivity contribution in [2.24, 2.45) is 0 Å². The van der Waals surface area contributed by atoms with E-state index >= 15 is 0 Å². The third-order valence-electron chi connectivity index (χ3n) is 4.15. The average molecular weight is 317 g/mol. The summed E-state index contributed by atoms with van der Waals surface area (Å²) in [6.07, 6.45) is 3.91. The summed E-state index contributed by atoms with van der Waals surface area (Å²) in [4.78, 5) is 10.9. The highest BCUT2D eigenvalue weighted by molar-refractivity contribution is 5.49. The normalized spacial score (nSPS) is 19.1. The predicted octanol–water partition coefficient (Wildman–Crippen LogP) is 1.53. The molecule has 0 saturated carbocycles. The highest BCUT2D eigenvalue weighted by Crippen LogP contribution is 2.25. The molecule has 1 saturated heterocycles. The van der Waals surface area contributed by atoms with Crippen LogP contribution in [0.2, 0.25) is 0 Å². The maximum atomic E-state index is 5.48. The Morgan fingerprint density at radius 1 is 1.39 bits per heavy atom. The average Bonchev–Trinajstić information content (AvgIpc) is 3.21. The molecular formula is C15H23N7O. The van der Waals surface area contributed by atoms with Crippen LogP contribution in [-0.4, -0.2) is 46.3 Å². The van der Waals surface area contributed by atoms with Gasteiger partial charge in [-0.3, -0.25) is 0 Å². The predicted molar refractivity (Wildman–Crippen MR) is 87.4 cm³/mol. The standard InChI is InChI=1S/C15H23N7O/c1-10(15-21-20-11(2)23-15)17-8-12-5-4-6-22(12)14-7-13(16-3)18-9-19-14/h7,9-10,12,17H,4-6,8H2,1-3H3,(H,16,18,19)/t10-,12+/m1/s1. The SMILES string of the molecule is CNc1cc(N2CCC[C@H]2CN[C@H](C)c2nnc(C)o2)ncn1. The van der Waals surface area contributed by atoms with Crippen molar-refractivity contribution in [1.82, 2.24) is 25.5 Å². The maximum Gasteiger partial charge on any atom is 0.233 e. The Kier molecular flexibility index (Phi) is 4.71. The van der Waals surface area contributed by atoms with Crippen molar-refractivity contribution >= 4 is 11.6 Å². The molecule has 0 bridgehead atoms. The molecule has 0 radical (unpaired) electrons. The molecule has 3 rings (SSSR count). The summed E-state index contributed by atoms with van der Waals surface area (Å²) in [6.45, 7) is 5.70. The molecule has 0 unspecified atom stereocenters. The van der Waals surface area contributed by atoms with E-state index in [2.05, 4.69) is 35.7 Å². The first-order valence-corrected chi connectivity index (χ1v) is 7.97. The van der Waals surface area contributed by atoms with Crippen LogP contribution in [0.3, 0.4) is 0 Å². The number of nitrogens with zero attached hydrogens (tertiary/aromatic N) is 5. The number of anilines is 2. The molecule has 0 aliphatic carbocycles. The first kappa shape index (κ1) is 15.7. The van der Waals surface area contributed by atoms with Crippen LogP contribution in [0.4, 0.5) is 11.6 Å². The van der Waals surface area contributed by atoms with Gasteiger partial charge in [0.1, 0.15) is 18.0 Å². The first-order valence-electron chi connectivity index (χ1n) is 7.97. The Morgan fingerprint density at radius 2 is 2.26 bits per heavy atom. The Balaban J connectivity index is 1.62. The minimum Gasteiger partial charge on any atom is -0.424 e. The summed E-state index contributed by atoms with van der Waals surface area (Å²) >= 11 is 0. The third kappa shape index (κ3) is 3.58. The lowest BCUT2D eigenvalue weighted by atomic mass is 10.2.